The third kappa shape index (κ3) is 31.3. The van der Waals surface area contributed by atoms with Crippen molar-refractivity contribution in [2.45, 2.75) is 281 Å². The maximum Gasteiger partial charge on any atom is 0.249 e. The Kier molecular flexibility index (Phi) is 40.2. The number of aliphatic hydroxyl groups is 7. The van der Waals surface area contributed by atoms with E-state index in [2.05, 4.69) is 55.6 Å². The Bertz CT molecular complexity index is 1130. The summed E-state index contributed by atoms with van der Waals surface area (Å²) >= 11 is 0. The second kappa shape index (κ2) is 42.7. The summed E-state index contributed by atoms with van der Waals surface area (Å²) in [6.07, 6.45) is 39.4. The number of allylic oxidation sites excluding steroid dienone is 6. The third-order valence-electron chi connectivity index (χ3n) is 12.6. The van der Waals surface area contributed by atoms with Crippen LogP contribution >= 0.6 is 0 Å². The number of carbonyl (C=O) groups excluding carboxylic acids is 1. The highest BCUT2D eigenvalue weighted by molar-refractivity contribution is 5.80. The van der Waals surface area contributed by atoms with Crippen LogP contribution in [-0.2, 0) is 14.3 Å². The van der Waals surface area contributed by atoms with Crippen LogP contribution < -0.4 is 5.32 Å². The van der Waals surface area contributed by atoms with Gasteiger partial charge in [-0.2, -0.15) is 0 Å². The highest BCUT2D eigenvalue weighted by Crippen LogP contribution is 2.23. The van der Waals surface area contributed by atoms with E-state index >= 15 is 0 Å². The maximum absolute atomic E-state index is 13.0. The SMILES string of the molecule is CCCC/C=C\CCCCCCC(O)C(=O)NC(COC1OC(CO)C(O)C(O)C1O)C(O)C(O)CCC/C=C/CC/C=C/CCCCCCCCCCCCCCCCCCCC. The van der Waals surface area contributed by atoms with Gasteiger partial charge in [-0.05, 0) is 70.6 Å². The van der Waals surface area contributed by atoms with Crippen LogP contribution in [0.3, 0.4) is 0 Å². The minimum absolute atomic E-state index is 0.235. The van der Waals surface area contributed by atoms with E-state index in [0.29, 0.717) is 19.3 Å². The van der Waals surface area contributed by atoms with Gasteiger partial charge in [0.05, 0.1) is 25.4 Å². The van der Waals surface area contributed by atoms with Crippen LogP contribution in [0.25, 0.3) is 0 Å². The quantitative estimate of drug-likeness (QED) is 0.0216. The Morgan fingerprint density at radius 3 is 1.44 bits per heavy atom. The molecule has 1 aliphatic heterocycles. The molecule has 9 atom stereocenters. The number of carbonyl (C=O) groups is 1. The average Bonchev–Trinajstić information content (AvgIpc) is 3.29. The van der Waals surface area contributed by atoms with Crippen molar-refractivity contribution in [1.82, 2.24) is 5.32 Å². The van der Waals surface area contributed by atoms with Crippen LogP contribution in [0.2, 0.25) is 0 Å². The summed E-state index contributed by atoms with van der Waals surface area (Å²) < 4.78 is 11.1. The molecular formula is C53H99NO10. The Morgan fingerprint density at radius 1 is 0.531 bits per heavy atom. The van der Waals surface area contributed by atoms with E-state index in [1.807, 2.05) is 0 Å². The zero-order valence-corrected chi connectivity index (χ0v) is 40.8. The molecule has 0 spiro atoms. The van der Waals surface area contributed by atoms with Crippen LogP contribution in [-0.4, -0.2) is 110 Å². The van der Waals surface area contributed by atoms with Gasteiger partial charge in [0.1, 0.15) is 36.6 Å². The minimum atomic E-state index is -1.67. The van der Waals surface area contributed by atoms with Gasteiger partial charge in [0.2, 0.25) is 5.91 Å². The summed E-state index contributed by atoms with van der Waals surface area (Å²) in [5.41, 5.74) is 0. The molecule has 1 saturated heterocycles. The molecule has 376 valence electrons. The Balaban J connectivity index is 2.32. The van der Waals surface area contributed by atoms with Crippen molar-refractivity contribution in [2.75, 3.05) is 13.2 Å². The molecule has 9 unspecified atom stereocenters. The van der Waals surface area contributed by atoms with Gasteiger partial charge < -0.3 is 50.5 Å². The lowest BCUT2D eigenvalue weighted by Gasteiger charge is -2.40. The highest BCUT2D eigenvalue weighted by atomic mass is 16.7. The monoisotopic (exact) mass is 910 g/mol. The molecule has 0 radical (unpaired) electrons. The van der Waals surface area contributed by atoms with Crippen molar-refractivity contribution in [3.63, 3.8) is 0 Å². The van der Waals surface area contributed by atoms with Gasteiger partial charge in [0.15, 0.2) is 6.29 Å². The van der Waals surface area contributed by atoms with Crippen molar-refractivity contribution in [2.24, 2.45) is 0 Å². The molecule has 0 aliphatic carbocycles. The van der Waals surface area contributed by atoms with Crippen LogP contribution in [0.1, 0.15) is 226 Å². The molecule has 8 N–H and O–H groups in total. The van der Waals surface area contributed by atoms with Crippen molar-refractivity contribution in [1.29, 1.82) is 0 Å². The fourth-order valence-corrected chi connectivity index (χ4v) is 8.26. The zero-order chi connectivity index (χ0) is 46.9. The van der Waals surface area contributed by atoms with Gasteiger partial charge >= 0.3 is 0 Å². The predicted octanol–water partition coefficient (Wildman–Crippen LogP) is 9.95. The molecule has 0 aromatic rings. The number of amides is 1. The van der Waals surface area contributed by atoms with Crippen LogP contribution in [0.5, 0.6) is 0 Å². The molecule has 1 aliphatic rings. The summed E-state index contributed by atoms with van der Waals surface area (Å²) in [4.78, 5) is 13.0. The average molecular weight is 910 g/mol. The minimum Gasteiger partial charge on any atom is -0.394 e. The van der Waals surface area contributed by atoms with Gasteiger partial charge in [-0.15, -0.1) is 0 Å². The third-order valence-corrected chi connectivity index (χ3v) is 12.6. The molecule has 0 bridgehead atoms. The zero-order valence-electron chi connectivity index (χ0n) is 40.8. The second-order valence-electron chi connectivity index (χ2n) is 18.6. The van der Waals surface area contributed by atoms with Crippen molar-refractivity contribution in [3.8, 4) is 0 Å². The first-order valence-corrected chi connectivity index (χ1v) is 26.4. The van der Waals surface area contributed by atoms with Gasteiger partial charge in [0.25, 0.3) is 0 Å². The summed E-state index contributed by atoms with van der Waals surface area (Å²) in [7, 11) is 0. The van der Waals surface area contributed by atoms with Gasteiger partial charge in [-0.1, -0.05) is 192 Å². The van der Waals surface area contributed by atoms with E-state index in [1.165, 1.54) is 128 Å². The van der Waals surface area contributed by atoms with E-state index in [1.54, 1.807) is 0 Å². The van der Waals surface area contributed by atoms with Crippen LogP contribution in [0.15, 0.2) is 36.5 Å². The molecule has 11 heteroatoms. The van der Waals surface area contributed by atoms with E-state index in [9.17, 15) is 40.5 Å². The maximum atomic E-state index is 13.0. The molecule has 64 heavy (non-hydrogen) atoms. The van der Waals surface area contributed by atoms with E-state index < -0.39 is 74.2 Å². The summed E-state index contributed by atoms with van der Waals surface area (Å²) in [6, 6.07) is -1.19. The molecule has 1 rings (SSSR count). The van der Waals surface area contributed by atoms with E-state index in [-0.39, 0.29) is 12.8 Å². The standard InChI is InChI=1S/C53H99NO10/c1-3-5-7-9-11-13-15-16-17-18-19-20-21-22-23-24-25-26-27-28-29-30-31-33-34-36-38-40-45(56)48(58)44(43-63-53-51(61)50(60)49(59)47(42-55)64-53)54-52(62)46(57)41-39-37-35-32-14-12-10-8-6-4-2/h10,12,28-29,33-34,44-51,53,55-61H,3-9,11,13-27,30-32,35-43H2,1-2H3,(H,54,62)/b12-10-,29-28+,34-33+. The smallest absolute Gasteiger partial charge is 0.249 e. The Hall–Kier alpha value is -1.67. The van der Waals surface area contributed by atoms with E-state index in [0.717, 1.165) is 51.4 Å². The molecule has 1 heterocycles. The molecule has 0 aromatic heterocycles. The van der Waals surface area contributed by atoms with Crippen LogP contribution in [0.4, 0.5) is 0 Å². The molecule has 1 amide bonds. The van der Waals surface area contributed by atoms with Gasteiger partial charge in [0, 0.05) is 0 Å². The summed E-state index contributed by atoms with van der Waals surface area (Å²) in [5.74, 6) is -0.722. The number of rotatable bonds is 44. The molecule has 0 aromatic carbocycles. The summed E-state index contributed by atoms with van der Waals surface area (Å²) in [6.45, 7) is 3.37. The number of aliphatic hydroxyl groups excluding tert-OH is 7. The molecule has 1 fully saturated rings. The van der Waals surface area contributed by atoms with Gasteiger partial charge in [-0.25, -0.2) is 0 Å². The number of unbranched alkanes of at least 4 members (excludes halogenated alkanes) is 26. The second-order valence-corrected chi connectivity index (χ2v) is 18.6. The topological polar surface area (TPSA) is 189 Å². The number of nitrogens with one attached hydrogen (secondary N) is 1. The first kappa shape index (κ1) is 60.3. The van der Waals surface area contributed by atoms with Crippen molar-refractivity contribution < 1.29 is 50.0 Å². The van der Waals surface area contributed by atoms with Crippen molar-refractivity contribution in [3.05, 3.63) is 36.5 Å². The predicted molar refractivity (Wildman–Crippen MR) is 261 cm³/mol. The first-order valence-electron chi connectivity index (χ1n) is 26.4. The molecule has 11 nitrogen and oxygen atoms in total. The highest BCUT2D eigenvalue weighted by Gasteiger charge is 2.44. The molecular weight excluding hydrogens is 811 g/mol. The molecule has 0 saturated carbocycles. The Morgan fingerprint density at radius 2 is 0.953 bits per heavy atom. The first-order chi connectivity index (χ1) is 31.2. The lowest BCUT2D eigenvalue weighted by molar-refractivity contribution is -0.303. The van der Waals surface area contributed by atoms with Crippen LogP contribution in [0, 0.1) is 0 Å². The Labute approximate surface area is 390 Å². The van der Waals surface area contributed by atoms with E-state index in [4.69, 9.17) is 9.47 Å². The number of ether oxygens (including phenoxy) is 2. The number of hydrogen-bond acceptors (Lipinski definition) is 10. The van der Waals surface area contributed by atoms with Crippen molar-refractivity contribution >= 4 is 5.91 Å². The number of hydrogen-bond donors (Lipinski definition) is 8. The lowest BCUT2D eigenvalue weighted by Crippen LogP contribution is -2.60. The fourth-order valence-electron chi connectivity index (χ4n) is 8.26. The summed E-state index contributed by atoms with van der Waals surface area (Å²) in [5, 5.41) is 75.6. The fraction of sp³-hybridized carbons (Fsp3) is 0.868. The normalized spacial score (nSPS) is 21.3. The lowest BCUT2D eigenvalue weighted by atomic mass is 9.98. The largest absolute Gasteiger partial charge is 0.394 e. The van der Waals surface area contributed by atoms with Gasteiger partial charge in [-0.3, -0.25) is 4.79 Å².